The van der Waals surface area contributed by atoms with Gasteiger partial charge in [-0.2, -0.15) is 0 Å². The molecular weight excluding hydrogens is 466 g/mol. The Morgan fingerprint density at radius 2 is 1.53 bits per heavy atom. The molecule has 0 unspecified atom stereocenters. The maximum atomic E-state index is 13.0. The fourth-order valence-electron chi connectivity index (χ4n) is 2.75. The summed E-state index contributed by atoms with van der Waals surface area (Å²) < 4.78 is 5.80. The van der Waals surface area contributed by atoms with Crippen LogP contribution in [0.4, 0.5) is 5.69 Å². The first-order valence-electron chi connectivity index (χ1n) is 8.92. The number of rotatable bonds is 7. The van der Waals surface area contributed by atoms with Gasteiger partial charge in [-0.1, -0.05) is 46.9 Å². The first-order valence-corrected chi connectivity index (χ1v) is 10.1. The van der Waals surface area contributed by atoms with E-state index in [2.05, 4.69) is 0 Å². The molecule has 0 bridgehead atoms. The molecule has 4 nitrogen and oxygen atoms in total. The van der Waals surface area contributed by atoms with Crippen LogP contribution in [0.25, 0.3) is 0 Å². The van der Waals surface area contributed by atoms with E-state index in [0.717, 1.165) is 5.56 Å². The van der Waals surface area contributed by atoms with E-state index in [1.165, 1.54) is 0 Å². The van der Waals surface area contributed by atoms with Crippen LogP contribution in [0.5, 0.6) is 5.75 Å². The molecule has 2 N–H and O–H groups in total. The zero-order valence-electron chi connectivity index (χ0n) is 15.9. The Bertz CT molecular complexity index is 979. The average molecular weight is 486 g/mol. The molecular formula is C22H20Cl4N2O2. The van der Waals surface area contributed by atoms with Crippen molar-refractivity contribution in [2.24, 2.45) is 5.73 Å². The maximum absolute atomic E-state index is 13.0. The van der Waals surface area contributed by atoms with E-state index in [0.29, 0.717) is 51.8 Å². The number of nitrogens with zero attached hydrogens (tertiary/aromatic N) is 1. The second kappa shape index (κ2) is 11.4. The van der Waals surface area contributed by atoms with Gasteiger partial charge < -0.3 is 15.4 Å². The summed E-state index contributed by atoms with van der Waals surface area (Å²) >= 11 is 18.0. The number of hydrogen-bond acceptors (Lipinski definition) is 3. The standard InChI is InChI=1S/C22H19Cl3N2O2.ClH/c23-16-3-1-15(2-4-16)14-29-19-8-6-18(7-9-19)27(12-11-26)22(28)20-10-5-17(24)13-21(20)25;/h1-10,13H,11-12,14,26H2;1H. The highest BCUT2D eigenvalue weighted by Gasteiger charge is 2.20. The third-order valence-corrected chi connectivity index (χ3v) is 5.03. The van der Waals surface area contributed by atoms with Crippen LogP contribution in [0.15, 0.2) is 66.7 Å². The third-order valence-electron chi connectivity index (χ3n) is 4.23. The number of halogens is 4. The molecule has 0 heterocycles. The normalized spacial score (nSPS) is 10.3. The van der Waals surface area contributed by atoms with Gasteiger partial charge in [0.05, 0.1) is 10.6 Å². The van der Waals surface area contributed by atoms with Gasteiger partial charge in [-0.25, -0.2) is 0 Å². The third kappa shape index (κ3) is 6.27. The van der Waals surface area contributed by atoms with Gasteiger partial charge in [0, 0.05) is 28.8 Å². The summed E-state index contributed by atoms with van der Waals surface area (Å²) in [6, 6.07) is 19.5. The lowest BCUT2D eigenvalue weighted by molar-refractivity contribution is 0.0987. The first kappa shape index (κ1) is 24.3. The maximum Gasteiger partial charge on any atom is 0.259 e. The van der Waals surface area contributed by atoms with Crippen LogP contribution >= 0.6 is 47.2 Å². The zero-order chi connectivity index (χ0) is 20.8. The van der Waals surface area contributed by atoms with Crippen molar-refractivity contribution in [2.45, 2.75) is 6.61 Å². The lowest BCUT2D eigenvalue weighted by atomic mass is 10.1. The fourth-order valence-corrected chi connectivity index (χ4v) is 3.37. The molecule has 158 valence electrons. The smallest absolute Gasteiger partial charge is 0.259 e. The molecule has 0 fully saturated rings. The molecule has 30 heavy (non-hydrogen) atoms. The summed E-state index contributed by atoms with van der Waals surface area (Å²) in [6.07, 6.45) is 0. The van der Waals surface area contributed by atoms with Gasteiger partial charge in [-0.05, 0) is 60.2 Å². The van der Waals surface area contributed by atoms with E-state index in [-0.39, 0.29) is 18.3 Å². The van der Waals surface area contributed by atoms with Gasteiger partial charge in [-0.15, -0.1) is 12.4 Å². The molecule has 0 saturated heterocycles. The van der Waals surface area contributed by atoms with Crippen LogP contribution < -0.4 is 15.4 Å². The number of hydrogen-bond donors (Lipinski definition) is 1. The second-order valence-electron chi connectivity index (χ2n) is 6.28. The van der Waals surface area contributed by atoms with Crippen molar-refractivity contribution >= 4 is 58.8 Å². The van der Waals surface area contributed by atoms with Crippen LogP contribution in [0, 0.1) is 0 Å². The van der Waals surface area contributed by atoms with Crippen LogP contribution in [0.2, 0.25) is 15.1 Å². The largest absolute Gasteiger partial charge is 0.489 e. The van der Waals surface area contributed by atoms with Crippen LogP contribution in [-0.4, -0.2) is 19.0 Å². The molecule has 0 aliphatic carbocycles. The summed E-state index contributed by atoms with van der Waals surface area (Å²) in [5, 5.41) is 1.45. The molecule has 0 aliphatic heterocycles. The average Bonchev–Trinajstić information content (AvgIpc) is 2.72. The van der Waals surface area contributed by atoms with Crippen LogP contribution in [0.1, 0.15) is 15.9 Å². The number of anilines is 1. The second-order valence-corrected chi connectivity index (χ2v) is 7.56. The minimum atomic E-state index is -0.244. The van der Waals surface area contributed by atoms with Gasteiger partial charge in [0.15, 0.2) is 0 Å². The highest BCUT2D eigenvalue weighted by Crippen LogP contribution is 2.26. The predicted molar refractivity (Wildman–Crippen MR) is 127 cm³/mol. The van der Waals surface area contributed by atoms with Crippen LogP contribution in [-0.2, 0) is 6.61 Å². The van der Waals surface area contributed by atoms with Gasteiger partial charge in [0.2, 0.25) is 0 Å². The van der Waals surface area contributed by atoms with Gasteiger partial charge in [0.1, 0.15) is 12.4 Å². The Morgan fingerprint density at radius 1 is 0.900 bits per heavy atom. The molecule has 1 amide bonds. The van der Waals surface area contributed by atoms with E-state index < -0.39 is 0 Å². The van der Waals surface area contributed by atoms with E-state index in [9.17, 15) is 4.79 Å². The Hall–Kier alpha value is -1.95. The van der Waals surface area contributed by atoms with Crippen molar-refractivity contribution in [3.63, 3.8) is 0 Å². The summed E-state index contributed by atoms with van der Waals surface area (Å²) in [7, 11) is 0. The fraction of sp³-hybridized carbons (Fsp3) is 0.136. The number of benzene rings is 3. The molecule has 0 spiro atoms. The van der Waals surface area contributed by atoms with Crippen molar-refractivity contribution < 1.29 is 9.53 Å². The number of ether oxygens (including phenoxy) is 1. The first-order chi connectivity index (χ1) is 14.0. The summed E-state index contributed by atoms with van der Waals surface area (Å²) in [5.41, 5.74) is 7.79. The van der Waals surface area contributed by atoms with Crippen molar-refractivity contribution in [1.82, 2.24) is 0 Å². The number of amides is 1. The molecule has 0 radical (unpaired) electrons. The summed E-state index contributed by atoms with van der Waals surface area (Å²) in [5.74, 6) is 0.445. The van der Waals surface area contributed by atoms with Crippen LogP contribution in [0.3, 0.4) is 0 Å². The molecule has 0 aliphatic rings. The highest BCUT2D eigenvalue weighted by molar-refractivity contribution is 6.37. The highest BCUT2D eigenvalue weighted by atomic mass is 35.5. The summed E-state index contributed by atoms with van der Waals surface area (Å²) in [4.78, 5) is 14.6. The minimum absolute atomic E-state index is 0. The Balaban J connectivity index is 0.00000320. The van der Waals surface area contributed by atoms with E-state index >= 15 is 0 Å². The molecule has 3 rings (SSSR count). The topological polar surface area (TPSA) is 55.6 Å². The van der Waals surface area contributed by atoms with Crippen molar-refractivity contribution in [3.8, 4) is 5.75 Å². The van der Waals surface area contributed by atoms with Gasteiger partial charge in [0.25, 0.3) is 5.91 Å². The Morgan fingerprint density at radius 3 is 2.13 bits per heavy atom. The lowest BCUT2D eigenvalue weighted by Crippen LogP contribution is -2.35. The number of carbonyl (C=O) groups is 1. The minimum Gasteiger partial charge on any atom is -0.489 e. The molecule has 3 aromatic carbocycles. The van der Waals surface area contributed by atoms with Crippen molar-refractivity contribution in [3.05, 3.63) is 92.9 Å². The number of nitrogens with two attached hydrogens (primary N) is 1. The van der Waals surface area contributed by atoms with E-state index in [1.54, 1.807) is 23.1 Å². The molecule has 8 heteroatoms. The number of carbonyl (C=O) groups excluding carboxylic acids is 1. The monoisotopic (exact) mass is 484 g/mol. The molecule has 0 saturated carbocycles. The Kier molecular flexibility index (Phi) is 9.28. The van der Waals surface area contributed by atoms with Crippen molar-refractivity contribution in [2.75, 3.05) is 18.0 Å². The summed E-state index contributed by atoms with van der Waals surface area (Å²) in [6.45, 7) is 1.08. The van der Waals surface area contributed by atoms with Crippen molar-refractivity contribution in [1.29, 1.82) is 0 Å². The zero-order valence-corrected chi connectivity index (χ0v) is 18.9. The quantitative estimate of drug-likeness (QED) is 0.430. The SMILES string of the molecule is Cl.NCCN(C(=O)c1ccc(Cl)cc1Cl)c1ccc(OCc2ccc(Cl)cc2)cc1. The molecule has 0 aromatic heterocycles. The van der Waals surface area contributed by atoms with E-state index in [1.807, 2.05) is 48.5 Å². The van der Waals surface area contributed by atoms with Gasteiger partial charge >= 0.3 is 0 Å². The Labute approximate surface area is 196 Å². The molecule has 0 atom stereocenters. The van der Waals surface area contributed by atoms with Gasteiger partial charge in [-0.3, -0.25) is 4.79 Å². The predicted octanol–water partition coefficient (Wildman–Crippen LogP) is 6.25. The molecule has 3 aromatic rings. The lowest BCUT2D eigenvalue weighted by Gasteiger charge is -2.23. The van der Waals surface area contributed by atoms with E-state index in [4.69, 9.17) is 45.3 Å².